The molecule has 29 heavy (non-hydrogen) atoms. The first kappa shape index (κ1) is 19.1. The summed E-state index contributed by atoms with van der Waals surface area (Å²) in [7, 11) is 0. The van der Waals surface area contributed by atoms with Gasteiger partial charge >= 0.3 is 5.97 Å². The number of amides is 1. The van der Waals surface area contributed by atoms with Gasteiger partial charge in [0, 0.05) is 24.3 Å². The maximum absolute atomic E-state index is 12.6. The van der Waals surface area contributed by atoms with Gasteiger partial charge in [-0.25, -0.2) is 24.7 Å². The minimum atomic E-state index is -0.669. The molecular formula is C19H15N5O3S2. The molecule has 3 aromatic heterocycles. The third kappa shape index (κ3) is 4.13. The number of likely N-dealkylation sites (N-methyl/N-ethyl adjacent to an activating group) is 1. The van der Waals surface area contributed by atoms with Gasteiger partial charge < -0.3 is 4.74 Å². The van der Waals surface area contributed by atoms with Crippen molar-refractivity contribution in [3.63, 3.8) is 0 Å². The maximum Gasteiger partial charge on any atom is 0.358 e. The molecule has 0 aliphatic carbocycles. The van der Waals surface area contributed by atoms with E-state index in [2.05, 4.69) is 19.9 Å². The highest BCUT2D eigenvalue weighted by atomic mass is 32.1. The van der Waals surface area contributed by atoms with Gasteiger partial charge in [0.05, 0.1) is 10.2 Å². The Morgan fingerprint density at radius 2 is 1.90 bits per heavy atom. The molecule has 146 valence electrons. The van der Waals surface area contributed by atoms with Crippen LogP contribution in [0, 0.1) is 0 Å². The van der Waals surface area contributed by atoms with Crippen molar-refractivity contribution in [2.45, 2.75) is 6.92 Å². The molecule has 0 radical (unpaired) electrons. The molecule has 8 nitrogen and oxygen atoms in total. The van der Waals surface area contributed by atoms with Crippen molar-refractivity contribution >= 4 is 49.9 Å². The van der Waals surface area contributed by atoms with Crippen molar-refractivity contribution in [1.82, 2.24) is 19.9 Å². The molecule has 0 spiro atoms. The number of carbonyl (C=O) groups excluding carboxylic acids is 2. The number of esters is 1. The number of aromatic nitrogens is 4. The van der Waals surface area contributed by atoms with Gasteiger partial charge in [0.2, 0.25) is 0 Å². The van der Waals surface area contributed by atoms with Crippen LogP contribution in [0.2, 0.25) is 0 Å². The van der Waals surface area contributed by atoms with Gasteiger partial charge in [0.15, 0.2) is 28.3 Å². The minimum Gasteiger partial charge on any atom is -0.451 e. The molecule has 10 heteroatoms. The standard InChI is InChI=1S/C19H15N5O3S2/c1-2-24(19-23-12-6-3-4-7-14(12)29-19)15(25)10-27-18(26)13-11-28-17(22-13)16-20-8-5-9-21-16/h3-9,11H,2,10H2,1H3. The first-order chi connectivity index (χ1) is 14.2. The number of benzene rings is 1. The first-order valence-electron chi connectivity index (χ1n) is 8.71. The van der Waals surface area contributed by atoms with E-state index in [1.165, 1.54) is 27.6 Å². The third-order valence-corrected chi connectivity index (χ3v) is 5.83. The zero-order valence-electron chi connectivity index (χ0n) is 15.3. The molecule has 4 rings (SSSR count). The second-order valence-corrected chi connectivity index (χ2v) is 7.66. The fourth-order valence-corrected chi connectivity index (χ4v) is 4.33. The minimum absolute atomic E-state index is 0.119. The van der Waals surface area contributed by atoms with E-state index in [9.17, 15) is 9.59 Å². The Hall–Kier alpha value is -3.24. The summed E-state index contributed by atoms with van der Waals surface area (Å²) in [6, 6.07) is 9.36. The Morgan fingerprint density at radius 3 is 2.66 bits per heavy atom. The van der Waals surface area contributed by atoms with E-state index in [1.54, 1.807) is 23.8 Å². The molecule has 1 amide bonds. The average molecular weight is 425 g/mol. The summed E-state index contributed by atoms with van der Waals surface area (Å²) in [5.74, 6) is -0.584. The quantitative estimate of drug-likeness (QED) is 0.437. The number of para-hydroxylation sites is 1. The summed E-state index contributed by atoms with van der Waals surface area (Å²) in [6.07, 6.45) is 3.20. The fraction of sp³-hybridized carbons (Fsp3) is 0.158. The van der Waals surface area contributed by atoms with Gasteiger partial charge in [-0.15, -0.1) is 11.3 Å². The molecule has 0 unspecified atom stereocenters. The third-order valence-electron chi connectivity index (χ3n) is 3.93. The van der Waals surface area contributed by atoms with Crippen LogP contribution in [0.4, 0.5) is 5.13 Å². The van der Waals surface area contributed by atoms with Crippen molar-refractivity contribution in [2.75, 3.05) is 18.1 Å². The van der Waals surface area contributed by atoms with Crippen LogP contribution in [0.3, 0.4) is 0 Å². The number of fused-ring (bicyclic) bond motifs is 1. The molecule has 0 saturated heterocycles. The highest BCUT2D eigenvalue weighted by Gasteiger charge is 2.21. The molecule has 3 heterocycles. The molecule has 0 atom stereocenters. The summed E-state index contributed by atoms with van der Waals surface area (Å²) >= 11 is 2.65. The van der Waals surface area contributed by atoms with Crippen LogP contribution in [0.1, 0.15) is 17.4 Å². The van der Waals surface area contributed by atoms with Crippen molar-refractivity contribution in [3.05, 3.63) is 53.8 Å². The number of rotatable bonds is 6. The molecule has 0 bridgehead atoms. The van der Waals surface area contributed by atoms with Crippen LogP contribution in [0.5, 0.6) is 0 Å². The Morgan fingerprint density at radius 1 is 1.10 bits per heavy atom. The number of carbonyl (C=O) groups is 2. The van der Waals surface area contributed by atoms with Crippen molar-refractivity contribution in [1.29, 1.82) is 0 Å². The van der Waals surface area contributed by atoms with Crippen molar-refractivity contribution < 1.29 is 14.3 Å². The SMILES string of the molecule is CCN(C(=O)COC(=O)c1csc(-c2ncccn2)n1)c1nc2ccccc2s1. The van der Waals surface area contributed by atoms with Crippen molar-refractivity contribution in [2.24, 2.45) is 0 Å². The molecule has 0 N–H and O–H groups in total. The van der Waals surface area contributed by atoms with E-state index in [4.69, 9.17) is 4.74 Å². The number of hydrogen-bond acceptors (Lipinski definition) is 9. The number of ether oxygens (including phenoxy) is 1. The molecule has 0 fully saturated rings. The Labute approximate surface area is 173 Å². The van der Waals surface area contributed by atoms with Gasteiger partial charge in [0.25, 0.3) is 5.91 Å². The molecule has 0 saturated carbocycles. The molecule has 0 aliphatic rings. The highest BCUT2D eigenvalue weighted by molar-refractivity contribution is 7.22. The lowest BCUT2D eigenvalue weighted by Crippen LogP contribution is -2.34. The van der Waals surface area contributed by atoms with E-state index >= 15 is 0 Å². The Bertz CT molecular complexity index is 1130. The van der Waals surface area contributed by atoms with Crippen LogP contribution in [0.15, 0.2) is 48.1 Å². The van der Waals surface area contributed by atoms with Crippen LogP contribution in [-0.4, -0.2) is 45.0 Å². The highest BCUT2D eigenvalue weighted by Crippen LogP contribution is 2.28. The predicted octanol–water partition coefficient (Wildman–Crippen LogP) is 3.42. The smallest absolute Gasteiger partial charge is 0.358 e. The lowest BCUT2D eigenvalue weighted by molar-refractivity contribution is -0.121. The topological polar surface area (TPSA) is 98.2 Å². The van der Waals surface area contributed by atoms with E-state index in [0.29, 0.717) is 22.5 Å². The van der Waals surface area contributed by atoms with Gasteiger partial charge in [-0.1, -0.05) is 23.5 Å². The summed E-state index contributed by atoms with van der Waals surface area (Å²) in [5, 5.41) is 2.64. The van der Waals surface area contributed by atoms with Crippen LogP contribution in [-0.2, 0) is 9.53 Å². The van der Waals surface area contributed by atoms with E-state index < -0.39 is 12.6 Å². The zero-order valence-corrected chi connectivity index (χ0v) is 16.9. The van der Waals surface area contributed by atoms with Gasteiger partial charge in [-0.3, -0.25) is 9.69 Å². The molecular weight excluding hydrogens is 410 g/mol. The summed E-state index contributed by atoms with van der Waals surface area (Å²) in [4.78, 5) is 43.3. The van der Waals surface area contributed by atoms with Gasteiger partial charge in [-0.2, -0.15) is 0 Å². The maximum atomic E-state index is 12.6. The lowest BCUT2D eigenvalue weighted by atomic mass is 10.3. The summed E-state index contributed by atoms with van der Waals surface area (Å²) in [6.45, 7) is 1.87. The predicted molar refractivity (Wildman–Crippen MR) is 111 cm³/mol. The monoisotopic (exact) mass is 425 g/mol. The van der Waals surface area contributed by atoms with E-state index in [1.807, 2.05) is 31.2 Å². The second-order valence-electron chi connectivity index (χ2n) is 5.79. The molecule has 1 aromatic carbocycles. The Kier molecular flexibility index (Phi) is 5.54. The number of anilines is 1. The van der Waals surface area contributed by atoms with E-state index in [0.717, 1.165) is 10.2 Å². The molecule has 4 aromatic rings. The lowest BCUT2D eigenvalue weighted by Gasteiger charge is -2.17. The van der Waals surface area contributed by atoms with Crippen LogP contribution < -0.4 is 4.90 Å². The average Bonchev–Trinajstić information content (AvgIpc) is 3.40. The number of hydrogen-bond donors (Lipinski definition) is 0. The Balaban J connectivity index is 1.41. The van der Waals surface area contributed by atoms with E-state index in [-0.39, 0.29) is 11.6 Å². The second kappa shape index (κ2) is 8.41. The summed E-state index contributed by atoms with van der Waals surface area (Å²) < 4.78 is 6.16. The molecule has 0 aliphatic heterocycles. The van der Waals surface area contributed by atoms with Crippen molar-refractivity contribution in [3.8, 4) is 10.8 Å². The zero-order chi connectivity index (χ0) is 20.2. The van der Waals surface area contributed by atoms with Crippen LogP contribution in [0.25, 0.3) is 21.0 Å². The number of nitrogens with zero attached hydrogens (tertiary/aromatic N) is 5. The van der Waals surface area contributed by atoms with Crippen LogP contribution >= 0.6 is 22.7 Å². The first-order valence-corrected chi connectivity index (χ1v) is 10.4. The fourth-order valence-electron chi connectivity index (χ4n) is 2.55. The van der Waals surface area contributed by atoms with Gasteiger partial charge in [0.1, 0.15) is 0 Å². The van der Waals surface area contributed by atoms with Gasteiger partial charge in [-0.05, 0) is 25.1 Å². The largest absolute Gasteiger partial charge is 0.451 e. The summed E-state index contributed by atoms with van der Waals surface area (Å²) in [5.41, 5.74) is 0.946. The normalized spacial score (nSPS) is 10.8. The number of thiazole rings is 2.